The normalized spacial score (nSPS) is 9.94. The molecule has 2 aromatic rings. The second kappa shape index (κ2) is 4.63. The number of rotatable bonds is 2. The summed E-state index contributed by atoms with van der Waals surface area (Å²) in [7, 11) is 1.79. The molecule has 1 aromatic carbocycles. The lowest BCUT2D eigenvalue weighted by Gasteiger charge is -1.95. The summed E-state index contributed by atoms with van der Waals surface area (Å²) in [5.74, 6) is 5.71. The third-order valence-electron chi connectivity index (χ3n) is 2.23. The van der Waals surface area contributed by atoms with E-state index in [0.717, 1.165) is 0 Å². The highest BCUT2D eigenvalue weighted by Crippen LogP contribution is 2.25. The minimum Gasteiger partial charge on any atom is -0.309 e. The Bertz CT molecular complexity index is 621. The predicted molar refractivity (Wildman–Crippen MR) is 63.6 cm³/mol. The van der Waals surface area contributed by atoms with Crippen molar-refractivity contribution in [3.05, 3.63) is 34.0 Å². The van der Waals surface area contributed by atoms with E-state index >= 15 is 0 Å². The molecule has 0 aliphatic carbocycles. The van der Waals surface area contributed by atoms with Crippen LogP contribution in [0.5, 0.6) is 0 Å². The summed E-state index contributed by atoms with van der Waals surface area (Å²) < 4.78 is 0. The largest absolute Gasteiger partial charge is 0.309 e. The van der Waals surface area contributed by atoms with Crippen LogP contribution in [0.25, 0.3) is 10.9 Å². The molecule has 0 aliphatic heterocycles. The number of hydrogen-bond acceptors (Lipinski definition) is 4. The minimum absolute atomic E-state index is 0.0185. The van der Waals surface area contributed by atoms with Gasteiger partial charge in [-0.05, 0) is 13.1 Å². The molecule has 17 heavy (non-hydrogen) atoms. The quantitative estimate of drug-likeness (QED) is 0.458. The van der Waals surface area contributed by atoms with Gasteiger partial charge >= 0.3 is 0 Å². The molecule has 2 N–H and O–H groups in total. The molecule has 0 atom stereocenters. The number of nitro groups is 1. The van der Waals surface area contributed by atoms with Crippen LogP contribution in [-0.4, -0.2) is 28.7 Å². The molecule has 2 rings (SSSR count). The fourth-order valence-electron chi connectivity index (χ4n) is 1.49. The van der Waals surface area contributed by atoms with Gasteiger partial charge in [-0.2, -0.15) is 5.10 Å². The van der Waals surface area contributed by atoms with E-state index in [4.69, 9.17) is 0 Å². The first-order valence-electron chi connectivity index (χ1n) is 4.97. The summed E-state index contributed by atoms with van der Waals surface area (Å²) in [6.45, 7) is 0.537. The van der Waals surface area contributed by atoms with Crippen molar-refractivity contribution in [2.45, 2.75) is 0 Å². The Morgan fingerprint density at radius 2 is 2.41 bits per heavy atom. The highest BCUT2D eigenvalue weighted by atomic mass is 16.6. The molecule has 86 valence electrons. The summed E-state index contributed by atoms with van der Waals surface area (Å²) >= 11 is 0. The lowest BCUT2D eigenvalue weighted by molar-refractivity contribution is -0.383. The Kier molecular flexibility index (Phi) is 3.03. The van der Waals surface area contributed by atoms with Crippen LogP contribution in [-0.2, 0) is 0 Å². The first-order chi connectivity index (χ1) is 8.22. The number of non-ortho nitro benzene ring substituents is 1. The zero-order chi connectivity index (χ0) is 12.3. The van der Waals surface area contributed by atoms with Gasteiger partial charge in [-0.25, -0.2) is 0 Å². The number of aromatic amines is 1. The van der Waals surface area contributed by atoms with E-state index in [-0.39, 0.29) is 5.69 Å². The second-order valence-electron chi connectivity index (χ2n) is 3.42. The van der Waals surface area contributed by atoms with Gasteiger partial charge < -0.3 is 5.32 Å². The number of benzene rings is 1. The number of nitro benzene ring substituents is 1. The lowest BCUT2D eigenvalue weighted by atomic mass is 10.1. The smallest absolute Gasteiger partial charge is 0.281 e. The van der Waals surface area contributed by atoms with Crippen LogP contribution >= 0.6 is 0 Å². The van der Waals surface area contributed by atoms with Crippen molar-refractivity contribution in [3.8, 4) is 11.8 Å². The van der Waals surface area contributed by atoms with Crippen molar-refractivity contribution in [2.75, 3.05) is 13.6 Å². The Labute approximate surface area is 97.2 Å². The molecule has 6 nitrogen and oxygen atoms in total. The van der Waals surface area contributed by atoms with Crippen molar-refractivity contribution in [1.82, 2.24) is 15.5 Å². The van der Waals surface area contributed by atoms with Gasteiger partial charge in [-0.1, -0.05) is 11.8 Å². The van der Waals surface area contributed by atoms with Crippen molar-refractivity contribution in [2.24, 2.45) is 0 Å². The van der Waals surface area contributed by atoms with Crippen molar-refractivity contribution < 1.29 is 4.92 Å². The van der Waals surface area contributed by atoms with E-state index in [1.807, 2.05) is 0 Å². The number of H-pyrrole nitrogens is 1. The van der Waals surface area contributed by atoms with Gasteiger partial charge in [0, 0.05) is 11.6 Å². The van der Waals surface area contributed by atoms with Crippen molar-refractivity contribution in [3.63, 3.8) is 0 Å². The predicted octanol–water partition coefficient (Wildman–Crippen LogP) is 1.04. The summed E-state index contributed by atoms with van der Waals surface area (Å²) in [6, 6.07) is 3.21. The number of aromatic nitrogens is 2. The van der Waals surface area contributed by atoms with E-state index in [9.17, 15) is 10.1 Å². The molecule has 1 aromatic heterocycles. The van der Waals surface area contributed by atoms with Gasteiger partial charge in [-0.3, -0.25) is 15.2 Å². The molecule has 0 radical (unpaired) electrons. The van der Waals surface area contributed by atoms with Gasteiger partial charge in [0.15, 0.2) is 0 Å². The average Bonchev–Trinajstić information content (AvgIpc) is 2.76. The average molecular weight is 230 g/mol. The molecule has 0 bridgehead atoms. The summed E-state index contributed by atoms with van der Waals surface area (Å²) in [4.78, 5) is 10.5. The van der Waals surface area contributed by atoms with Crippen LogP contribution in [0.4, 0.5) is 5.69 Å². The maximum Gasteiger partial charge on any atom is 0.281 e. The van der Waals surface area contributed by atoms with Crippen LogP contribution in [0.2, 0.25) is 0 Å². The zero-order valence-electron chi connectivity index (χ0n) is 9.15. The Hall–Kier alpha value is -2.39. The zero-order valence-corrected chi connectivity index (χ0v) is 9.15. The van der Waals surface area contributed by atoms with E-state index in [1.54, 1.807) is 13.1 Å². The van der Waals surface area contributed by atoms with Crippen LogP contribution in [0.15, 0.2) is 18.3 Å². The standard InChI is InChI=1S/C11H10N4O2/c1-12-4-2-3-8-5-10-9(7-13-14-10)11(6-8)15(16)17/h5-7,12H,4H2,1H3,(H,13,14). The minimum atomic E-state index is -0.429. The highest BCUT2D eigenvalue weighted by molar-refractivity contribution is 5.88. The monoisotopic (exact) mass is 230 g/mol. The van der Waals surface area contributed by atoms with Crippen LogP contribution in [0, 0.1) is 22.0 Å². The van der Waals surface area contributed by atoms with E-state index in [0.29, 0.717) is 23.0 Å². The first-order valence-corrected chi connectivity index (χ1v) is 4.97. The Morgan fingerprint density at radius 1 is 1.59 bits per heavy atom. The SMILES string of the molecule is CNCC#Cc1cc([N+](=O)[O-])c2cn[nH]c2c1. The fraction of sp³-hybridized carbons (Fsp3) is 0.182. The molecule has 0 saturated heterocycles. The maximum absolute atomic E-state index is 10.9. The number of fused-ring (bicyclic) bond motifs is 1. The number of hydrogen-bond donors (Lipinski definition) is 2. The molecule has 6 heteroatoms. The first kappa shape index (κ1) is 11.1. The van der Waals surface area contributed by atoms with Gasteiger partial charge in [0.05, 0.1) is 28.6 Å². The number of nitrogens with zero attached hydrogens (tertiary/aromatic N) is 2. The fourth-order valence-corrected chi connectivity index (χ4v) is 1.49. The molecule has 0 fully saturated rings. The van der Waals surface area contributed by atoms with Gasteiger partial charge in [0.25, 0.3) is 5.69 Å². The number of nitrogens with one attached hydrogen (secondary N) is 2. The van der Waals surface area contributed by atoms with Crippen LogP contribution < -0.4 is 5.32 Å². The Morgan fingerprint density at radius 3 is 3.12 bits per heavy atom. The van der Waals surface area contributed by atoms with Gasteiger partial charge in [0.1, 0.15) is 0 Å². The molecule has 0 aliphatic rings. The van der Waals surface area contributed by atoms with E-state index in [1.165, 1.54) is 12.3 Å². The summed E-state index contributed by atoms with van der Waals surface area (Å²) in [5.41, 5.74) is 1.24. The summed E-state index contributed by atoms with van der Waals surface area (Å²) in [5, 5.41) is 20.8. The van der Waals surface area contributed by atoms with E-state index < -0.39 is 4.92 Å². The third kappa shape index (κ3) is 2.24. The van der Waals surface area contributed by atoms with Gasteiger partial charge in [0.2, 0.25) is 0 Å². The second-order valence-corrected chi connectivity index (χ2v) is 3.42. The van der Waals surface area contributed by atoms with E-state index in [2.05, 4.69) is 27.4 Å². The molecule has 1 heterocycles. The van der Waals surface area contributed by atoms with Crippen molar-refractivity contribution >= 4 is 16.6 Å². The lowest BCUT2D eigenvalue weighted by Crippen LogP contribution is -2.04. The molecule has 0 spiro atoms. The topological polar surface area (TPSA) is 83.8 Å². The molecule has 0 unspecified atom stereocenters. The van der Waals surface area contributed by atoms with Crippen LogP contribution in [0.1, 0.15) is 5.56 Å². The van der Waals surface area contributed by atoms with Crippen molar-refractivity contribution in [1.29, 1.82) is 0 Å². The van der Waals surface area contributed by atoms with Crippen LogP contribution in [0.3, 0.4) is 0 Å². The molecular weight excluding hydrogens is 220 g/mol. The van der Waals surface area contributed by atoms with Gasteiger partial charge in [-0.15, -0.1) is 0 Å². The molecule has 0 amide bonds. The molecule has 0 saturated carbocycles. The maximum atomic E-state index is 10.9. The Balaban J connectivity index is 2.52. The molecular formula is C11H10N4O2. The highest BCUT2D eigenvalue weighted by Gasteiger charge is 2.14. The summed E-state index contributed by atoms with van der Waals surface area (Å²) in [6.07, 6.45) is 1.44. The third-order valence-corrected chi connectivity index (χ3v) is 2.23.